The van der Waals surface area contributed by atoms with Gasteiger partial charge in [-0.3, -0.25) is 9.59 Å². The summed E-state index contributed by atoms with van der Waals surface area (Å²) < 4.78 is 43.4. The Balaban J connectivity index is 2.09. The van der Waals surface area contributed by atoms with E-state index in [4.69, 9.17) is 9.84 Å². The highest BCUT2D eigenvalue weighted by atomic mass is 19.4. The number of hydrogen-bond acceptors (Lipinski definition) is 3. The molecule has 0 aromatic heterocycles. The van der Waals surface area contributed by atoms with Crippen LogP contribution in [0.25, 0.3) is 0 Å². The SMILES string of the molecule is O=C(O)[C@@H]1CN(C(=O)[C@H]2CCCO2)C[C@H]1C(F)(F)F. The van der Waals surface area contributed by atoms with E-state index in [0.29, 0.717) is 19.4 Å². The summed E-state index contributed by atoms with van der Waals surface area (Å²) >= 11 is 0. The number of amides is 1. The molecule has 1 amide bonds. The quantitative estimate of drug-likeness (QED) is 0.816. The summed E-state index contributed by atoms with van der Waals surface area (Å²) in [7, 11) is 0. The Bertz CT molecular complexity index is 379. The first-order chi connectivity index (χ1) is 8.80. The van der Waals surface area contributed by atoms with Crippen LogP contribution in [0, 0.1) is 11.8 Å². The molecule has 2 aliphatic heterocycles. The van der Waals surface area contributed by atoms with Crippen molar-refractivity contribution in [2.45, 2.75) is 25.1 Å². The van der Waals surface area contributed by atoms with Gasteiger partial charge in [0.05, 0.1) is 11.8 Å². The van der Waals surface area contributed by atoms with Crippen LogP contribution in [0.4, 0.5) is 13.2 Å². The highest BCUT2D eigenvalue weighted by Crippen LogP contribution is 2.38. The van der Waals surface area contributed by atoms with Crippen LogP contribution in [0.3, 0.4) is 0 Å². The third kappa shape index (κ3) is 2.83. The summed E-state index contributed by atoms with van der Waals surface area (Å²) in [6.07, 6.45) is -4.17. The zero-order valence-corrected chi connectivity index (χ0v) is 10.0. The molecule has 2 heterocycles. The number of likely N-dealkylation sites (tertiary alicyclic amines) is 1. The van der Waals surface area contributed by atoms with E-state index in [-0.39, 0.29) is 0 Å². The zero-order chi connectivity index (χ0) is 14.2. The van der Waals surface area contributed by atoms with Gasteiger partial charge in [-0.05, 0) is 12.8 Å². The molecular formula is C11H14F3NO4. The molecule has 0 bridgehead atoms. The molecule has 2 fully saturated rings. The van der Waals surface area contributed by atoms with Gasteiger partial charge in [0.1, 0.15) is 6.10 Å². The third-order valence-corrected chi connectivity index (χ3v) is 3.57. The fourth-order valence-electron chi connectivity index (χ4n) is 2.54. The van der Waals surface area contributed by atoms with Gasteiger partial charge < -0.3 is 14.7 Å². The maximum atomic E-state index is 12.8. The normalized spacial score (nSPS) is 31.7. The van der Waals surface area contributed by atoms with E-state index in [1.165, 1.54) is 0 Å². The molecule has 2 aliphatic rings. The second-order valence-corrected chi connectivity index (χ2v) is 4.84. The van der Waals surface area contributed by atoms with E-state index in [9.17, 15) is 22.8 Å². The van der Waals surface area contributed by atoms with Gasteiger partial charge in [-0.1, -0.05) is 0 Å². The molecule has 2 rings (SSSR count). The summed E-state index contributed by atoms with van der Waals surface area (Å²) in [6, 6.07) is 0. The summed E-state index contributed by atoms with van der Waals surface area (Å²) in [5, 5.41) is 8.84. The molecule has 19 heavy (non-hydrogen) atoms. The largest absolute Gasteiger partial charge is 0.481 e. The van der Waals surface area contributed by atoms with Crippen LogP contribution in [0.1, 0.15) is 12.8 Å². The number of carbonyl (C=O) groups is 2. The van der Waals surface area contributed by atoms with Crippen molar-refractivity contribution in [2.24, 2.45) is 11.8 Å². The van der Waals surface area contributed by atoms with Gasteiger partial charge in [0, 0.05) is 19.7 Å². The lowest BCUT2D eigenvalue weighted by molar-refractivity contribution is -0.188. The Morgan fingerprint density at radius 2 is 1.95 bits per heavy atom. The fraction of sp³-hybridized carbons (Fsp3) is 0.818. The second kappa shape index (κ2) is 4.99. The van der Waals surface area contributed by atoms with Crippen molar-refractivity contribution in [3.63, 3.8) is 0 Å². The molecule has 0 spiro atoms. The van der Waals surface area contributed by atoms with Crippen LogP contribution >= 0.6 is 0 Å². The predicted molar refractivity (Wildman–Crippen MR) is 56.2 cm³/mol. The van der Waals surface area contributed by atoms with Gasteiger partial charge in [-0.25, -0.2) is 0 Å². The molecule has 0 aromatic carbocycles. The summed E-state index contributed by atoms with van der Waals surface area (Å²) in [4.78, 5) is 23.8. The van der Waals surface area contributed by atoms with E-state index in [1.807, 2.05) is 0 Å². The molecule has 0 saturated carbocycles. The molecule has 5 nitrogen and oxygen atoms in total. The standard InChI is InChI=1S/C11H14F3NO4/c12-11(13,14)7-5-15(4-6(7)10(17)18)9(16)8-2-1-3-19-8/h6-8H,1-5H2,(H,17,18)/t6-,7-,8-/m1/s1. The van der Waals surface area contributed by atoms with E-state index < -0.39 is 49.1 Å². The van der Waals surface area contributed by atoms with Crippen molar-refractivity contribution in [2.75, 3.05) is 19.7 Å². The van der Waals surface area contributed by atoms with E-state index in [0.717, 1.165) is 4.90 Å². The van der Waals surface area contributed by atoms with Gasteiger partial charge in [0.15, 0.2) is 0 Å². The lowest BCUT2D eigenvalue weighted by Crippen LogP contribution is -2.38. The van der Waals surface area contributed by atoms with E-state index in [1.54, 1.807) is 0 Å². The maximum absolute atomic E-state index is 12.8. The zero-order valence-electron chi connectivity index (χ0n) is 10.0. The van der Waals surface area contributed by atoms with Crippen molar-refractivity contribution >= 4 is 11.9 Å². The Morgan fingerprint density at radius 1 is 1.26 bits per heavy atom. The smallest absolute Gasteiger partial charge is 0.394 e. The molecule has 0 aromatic rings. The number of nitrogens with zero attached hydrogens (tertiary/aromatic N) is 1. The van der Waals surface area contributed by atoms with Gasteiger partial charge in [-0.15, -0.1) is 0 Å². The minimum absolute atomic E-state index is 0.405. The number of carboxylic acid groups (broad SMARTS) is 1. The Kier molecular flexibility index (Phi) is 3.71. The fourth-order valence-corrected chi connectivity index (χ4v) is 2.54. The average molecular weight is 281 g/mol. The molecule has 0 radical (unpaired) electrons. The number of hydrogen-bond donors (Lipinski definition) is 1. The minimum Gasteiger partial charge on any atom is -0.481 e. The van der Waals surface area contributed by atoms with Crippen molar-refractivity contribution in [1.29, 1.82) is 0 Å². The van der Waals surface area contributed by atoms with Crippen LogP contribution < -0.4 is 0 Å². The Morgan fingerprint density at radius 3 is 2.37 bits per heavy atom. The first-order valence-corrected chi connectivity index (χ1v) is 6.00. The lowest BCUT2D eigenvalue weighted by Gasteiger charge is -2.20. The van der Waals surface area contributed by atoms with Gasteiger partial charge in [0.2, 0.25) is 0 Å². The first-order valence-electron chi connectivity index (χ1n) is 6.00. The molecule has 3 atom stereocenters. The monoisotopic (exact) mass is 281 g/mol. The molecular weight excluding hydrogens is 267 g/mol. The number of halogens is 3. The van der Waals surface area contributed by atoms with Gasteiger partial charge in [0.25, 0.3) is 5.91 Å². The lowest BCUT2D eigenvalue weighted by atomic mass is 9.96. The van der Waals surface area contributed by atoms with Crippen LogP contribution in [0.5, 0.6) is 0 Å². The second-order valence-electron chi connectivity index (χ2n) is 4.84. The summed E-state index contributed by atoms with van der Waals surface area (Å²) in [6.45, 7) is -0.591. The van der Waals surface area contributed by atoms with Crippen molar-refractivity contribution in [1.82, 2.24) is 4.90 Å². The summed E-state index contributed by atoms with van der Waals surface area (Å²) in [5.41, 5.74) is 0. The van der Waals surface area contributed by atoms with Gasteiger partial charge >= 0.3 is 12.1 Å². The van der Waals surface area contributed by atoms with E-state index in [2.05, 4.69) is 0 Å². The maximum Gasteiger partial charge on any atom is 0.394 e. The minimum atomic E-state index is -4.62. The van der Waals surface area contributed by atoms with Crippen LogP contribution in [0.15, 0.2) is 0 Å². The number of carbonyl (C=O) groups excluding carboxylic acids is 1. The predicted octanol–water partition coefficient (Wildman–Crippen LogP) is 0.887. The number of alkyl halides is 3. The highest BCUT2D eigenvalue weighted by molar-refractivity contribution is 5.83. The molecule has 0 unspecified atom stereocenters. The number of carboxylic acids is 1. The molecule has 1 N–H and O–H groups in total. The first kappa shape index (κ1) is 14.1. The third-order valence-electron chi connectivity index (χ3n) is 3.57. The Labute approximate surface area is 107 Å². The molecule has 8 heteroatoms. The highest BCUT2D eigenvalue weighted by Gasteiger charge is 2.54. The molecule has 2 saturated heterocycles. The van der Waals surface area contributed by atoms with Crippen molar-refractivity contribution < 1.29 is 32.6 Å². The number of aliphatic carboxylic acids is 1. The van der Waals surface area contributed by atoms with Gasteiger partial charge in [-0.2, -0.15) is 13.2 Å². The van der Waals surface area contributed by atoms with Crippen molar-refractivity contribution in [3.8, 4) is 0 Å². The molecule has 108 valence electrons. The summed E-state index contributed by atoms with van der Waals surface area (Å²) in [5.74, 6) is -5.65. The Hall–Kier alpha value is -1.31. The topological polar surface area (TPSA) is 66.8 Å². The average Bonchev–Trinajstić information content (AvgIpc) is 2.96. The van der Waals surface area contributed by atoms with Crippen LogP contribution in [-0.2, 0) is 14.3 Å². The van der Waals surface area contributed by atoms with Crippen molar-refractivity contribution in [3.05, 3.63) is 0 Å². The van der Waals surface area contributed by atoms with E-state index >= 15 is 0 Å². The number of ether oxygens (including phenoxy) is 1. The van der Waals surface area contributed by atoms with Crippen LogP contribution in [-0.4, -0.2) is 53.9 Å². The number of rotatable bonds is 2. The van der Waals surface area contributed by atoms with Crippen LogP contribution in [0.2, 0.25) is 0 Å². The molecule has 0 aliphatic carbocycles.